The average molecular weight is 250 g/mol. The molecule has 0 amide bonds. The molecule has 1 aliphatic heterocycles. The average Bonchev–Trinajstić information content (AvgIpc) is 2.59. The zero-order chi connectivity index (χ0) is 13.3. The van der Waals surface area contributed by atoms with Crippen LogP contribution in [-0.2, 0) is 0 Å². The van der Waals surface area contributed by atoms with Gasteiger partial charge in [-0.2, -0.15) is 0 Å². The van der Waals surface area contributed by atoms with Gasteiger partial charge in [0.2, 0.25) is 0 Å². The summed E-state index contributed by atoms with van der Waals surface area (Å²) in [4.78, 5) is 17.8. The molecule has 0 fully saturated rings. The van der Waals surface area contributed by atoms with Crippen molar-refractivity contribution in [3.8, 4) is 11.4 Å². The fourth-order valence-corrected chi connectivity index (χ4v) is 1.80. The van der Waals surface area contributed by atoms with Crippen molar-refractivity contribution in [3.63, 3.8) is 0 Å². The Hall–Kier alpha value is -2.36. The van der Waals surface area contributed by atoms with Gasteiger partial charge in [-0.25, -0.2) is 9.97 Å². The molecule has 0 aliphatic carbocycles. The molecule has 0 unspecified atom stereocenters. The second kappa shape index (κ2) is 4.39. The van der Waals surface area contributed by atoms with Crippen molar-refractivity contribution in [3.05, 3.63) is 42.2 Å². The van der Waals surface area contributed by atoms with Gasteiger partial charge < -0.3 is 0 Å². The van der Waals surface area contributed by atoms with Gasteiger partial charge in [0, 0.05) is 11.8 Å². The van der Waals surface area contributed by atoms with Gasteiger partial charge >= 0.3 is 0 Å². The van der Waals surface area contributed by atoms with E-state index in [1.165, 1.54) is 0 Å². The minimum Gasteiger partial charge on any atom is -0.279 e. The van der Waals surface area contributed by atoms with E-state index in [1.54, 1.807) is 12.4 Å². The monoisotopic (exact) mass is 250 g/mol. The third-order valence-electron chi connectivity index (χ3n) is 2.87. The van der Waals surface area contributed by atoms with Crippen LogP contribution in [0.4, 0.5) is 5.69 Å². The van der Waals surface area contributed by atoms with Gasteiger partial charge in [-0.1, -0.05) is 30.3 Å². The third kappa shape index (κ3) is 2.42. The Balaban J connectivity index is 2.07. The number of rotatable bonds is 1. The van der Waals surface area contributed by atoms with Crippen LogP contribution in [0.25, 0.3) is 11.4 Å². The van der Waals surface area contributed by atoms with E-state index in [4.69, 9.17) is 0 Å². The van der Waals surface area contributed by atoms with Gasteiger partial charge in [0.15, 0.2) is 5.82 Å². The van der Waals surface area contributed by atoms with Gasteiger partial charge in [-0.15, -0.1) is 0 Å². The normalized spacial score (nSPS) is 15.9. The second-order valence-electron chi connectivity index (χ2n) is 5.00. The van der Waals surface area contributed by atoms with Crippen molar-refractivity contribution in [1.29, 1.82) is 0 Å². The van der Waals surface area contributed by atoms with Gasteiger partial charge in [-0.3, -0.25) is 9.98 Å². The summed E-state index contributed by atoms with van der Waals surface area (Å²) < 4.78 is 0. The smallest absolute Gasteiger partial charge is 0.159 e. The van der Waals surface area contributed by atoms with Gasteiger partial charge in [0.1, 0.15) is 11.4 Å². The van der Waals surface area contributed by atoms with Crippen molar-refractivity contribution < 1.29 is 0 Å². The highest BCUT2D eigenvalue weighted by Crippen LogP contribution is 2.23. The first-order chi connectivity index (χ1) is 9.14. The molecule has 4 nitrogen and oxygen atoms in total. The van der Waals surface area contributed by atoms with E-state index in [1.807, 2.05) is 50.4 Å². The molecule has 0 atom stereocenters. The number of hydrogen-bond donors (Lipinski definition) is 0. The molecule has 2 aromatic rings. The molecule has 1 aromatic heterocycles. The number of fused-ring (bicyclic) bond motifs is 1. The molecule has 0 spiro atoms. The molecular weight excluding hydrogens is 236 g/mol. The van der Waals surface area contributed by atoms with Gasteiger partial charge in [-0.05, 0) is 13.8 Å². The summed E-state index contributed by atoms with van der Waals surface area (Å²) >= 11 is 0. The summed E-state index contributed by atoms with van der Waals surface area (Å²) in [5, 5.41) is 0. The molecular formula is C15H14N4. The van der Waals surface area contributed by atoms with Crippen LogP contribution in [0.5, 0.6) is 0 Å². The molecule has 2 heterocycles. The largest absolute Gasteiger partial charge is 0.279 e. The maximum absolute atomic E-state index is 4.53. The molecule has 3 rings (SSSR count). The number of nitrogens with zero attached hydrogens (tertiary/aromatic N) is 4. The van der Waals surface area contributed by atoms with Crippen molar-refractivity contribution in [2.45, 2.75) is 19.4 Å². The minimum atomic E-state index is -0.298. The lowest BCUT2D eigenvalue weighted by molar-refractivity contribution is 0.723. The van der Waals surface area contributed by atoms with Crippen molar-refractivity contribution >= 4 is 18.1 Å². The molecule has 94 valence electrons. The molecule has 0 saturated heterocycles. The predicted molar refractivity (Wildman–Crippen MR) is 77.3 cm³/mol. The Bertz CT molecular complexity index is 657. The van der Waals surface area contributed by atoms with Crippen LogP contribution in [0.15, 0.2) is 46.5 Å². The maximum atomic E-state index is 4.53. The summed E-state index contributed by atoms with van der Waals surface area (Å²) in [6.45, 7) is 4.01. The minimum absolute atomic E-state index is 0.298. The highest BCUT2D eigenvalue weighted by molar-refractivity contribution is 5.90. The molecule has 19 heavy (non-hydrogen) atoms. The first-order valence-corrected chi connectivity index (χ1v) is 6.17. The van der Waals surface area contributed by atoms with Crippen LogP contribution in [-0.4, -0.2) is 27.9 Å². The molecule has 0 bridgehead atoms. The third-order valence-corrected chi connectivity index (χ3v) is 2.87. The molecule has 1 aliphatic rings. The summed E-state index contributed by atoms with van der Waals surface area (Å²) in [7, 11) is 0. The number of hydrogen-bond acceptors (Lipinski definition) is 4. The molecule has 4 heteroatoms. The van der Waals surface area contributed by atoms with Crippen molar-refractivity contribution in [1.82, 2.24) is 9.97 Å². The molecule has 0 N–H and O–H groups in total. The number of benzene rings is 1. The lowest BCUT2D eigenvalue weighted by atomic mass is 10.1. The van der Waals surface area contributed by atoms with Crippen LogP contribution in [0, 0.1) is 0 Å². The second-order valence-corrected chi connectivity index (χ2v) is 5.00. The van der Waals surface area contributed by atoms with E-state index >= 15 is 0 Å². The highest BCUT2D eigenvalue weighted by atomic mass is 15.0. The zero-order valence-corrected chi connectivity index (χ0v) is 10.9. The van der Waals surface area contributed by atoms with Crippen LogP contribution >= 0.6 is 0 Å². The molecule has 1 aromatic carbocycles. The maximum Gasteiger partial charge on any atom is 0.159 e. The predicted octanol–water partition coefficient (Wildman–Crippen LogP) is 3.06. The number of aliphatic imine (C=N–C) groups is 2. The molecule has 0 saturated carbocycles. The summed E-state index contributed by atoms with van der Waals surface area (Å²) in [5.74, 6) is 0.695. The quantitative estimate of drug-likeness (QED) is 0.781. The Morgan fingerprint density at radius 2 is 1.84 bits per heavy atom. The van der Waals surface area contributed by atoms with Crippen molar-refractivity contribution in [2.75, 3.05) is 0 Å². The first kappa shape index (κ1) is 11.7. The van der Waals surface area contributed by atoms with Gasteiger partial charge in [0.05, 0.1) is 18.0 Å². The van der Waals surface area contributed by atoms with E-state index in [2.05, 4.69) is 20.0 Å². The fraction of sp³-hybridized carbons (Fsp3) is 0.200. The Labute approximate surface area is 112 Å². The van der Waals surface area contributed by atoms with E-state index in [0.29, 0.717) is 5.82 Å². The van der Waals surface area contributed by atoms with Crippen molar-refractivity contribution in [2.24, 2.45) is 9.98 Å². The lowest BCUT2D eigenvalue weighted by Gasteiger charge is -2.09. The fourth-order valence-electron chi connectivity index (χ4n) is 1.80. The SMILES string of the molecule is CC1(C)C=Nc2cnc(-c3ccccc3)nc2C=N1. The van der Waals surface area contributed by atoms with Crippen LogP contribution in [0.1, 0.15) is 19.5 Å². The van der Waals surface area contributed by atoms with E-state index in [9.17, 15) is 0 Å². The Morgan fingerprint density at radius 3 is 2.63 bits per heavy atom. The summed E-state index contributed by atoms with van der Waals surface area (Å²) in [5.41, 5.74) is 2.21. The Kier molecular flexibility index (Phi) is 2.71. The number of aromatic nitrogens is 2. The first-order valence-electron chi connectivity index (χ1n) is 6.17. The van der Waals surface area contributed by atoms with Crippen LogP contribution < -0.4 is 0 Å². The summed E-state index contributed by atoms with van der Waals surface area (Å²) in [6.07, 6.45) is 5.34. The Morgan fingerprint density at radius 1 is 1.05 bits per heavy atom. The molecule has 0 radical (unpaired) electrons. The van der Waals surface area contributed by atoms with E-state index in [0.717, 1.165) is 16.9 Å². The van der Waals surface area contributed by atoms with E-state index < -0.39 is 0 Å². The highest BCUT2D eigenvalue weighted by Gasteiger charge is 2.16. The lowest BCUT2D eigenvalue weighted by Crippen LogP contribution is -2.17. The standard InChI is InChI=1S/C15H14N4/c1-15(2)10-17-12-8-16-14(19-13(12)9-18-15)11-6-4-3-5-7-11/h3-10H,1-2H3. The topological polar surface area (TPSA) is 50.5 Å². The van der Waals surface area contributed by atoms with Gasteiger partial charge in [0.25, 0.3) is 0 Å². The van der Waals surface area contributed by atoms with Crippen LogP contribution in [0.2, 0.25) is 0 Å². The van der Waals surface area contributed by atoms with Crippen LogP contribution in [0.3, 0.4) is 0 Å². The summed E-state index contributed by atoms with van der Waals surface area (Å²) in [6, 6.07) is 9.90. The zero-order valence-electron chi connectivity index (χ0n) is 10.9. The van der Waals surface area contributed by atoms with E-state index in [-0.39, 0.29) is 5.54 Å².